The van der Waals surface area contributed by atoms with Gasteiger partial charge in [0.25, 0.3) is 5.91 Å². The fourth-order valence-electron chi connectivity index (χ4n) is 3.89. The molecule has 7 nitrogen and oxygen atoms in total. The lowest BCUT2D eigenvalue weighted by molar-refractivity contribution is 0.0616. The average molecular weight is 480 g/mol. The molecule has 1 amide bonds. The van der Waals surface area contributed by atoms with Gasteiger partial charge in [0.2, 0.25) is 0 Å². The maximum atomic E-state index is 14.1. The van der Waals surface area contributed by atoms with Crippen LogP contribution in [0.5, 0.6) is 0 Å². The Bertz CT molecular complexity index is 1130. The highest BCUT2D eigenvalue weighted by Crippen LogP contribution is 2.24. The van der Waals surface area contributed by atoms with Crippen molar-refractivity contribution in [1.82, 2.24) is 24.7 Å². The summed E-state index contributed by atoms with van der Waals surface area (Å²) in [6.07, 6.45) is 0. The first-order chi connectivity index (χ1) is 15.3. The Morgan fingerprint density at radius 2 is 1.81 bits per heavy atom. The molecule has 0 atom stereocenters. The zero-order chi connectivity index (χ0) is 23.0. The maximum absolute atomic E-state index is 14.1. The van der Waals surface area contributed by atoms with E-state index in [0.29, 0.717) is 66.2 Å². The van der Waals surface area contributed by atoms with Crippen molar-refractivity contribution in [2.75, 3.05) is 26.2 Å². The zero-order valence-corrected chi connectivity index (χ0v) is 19.7. The van der Waals surface area contributed by atoms with E-state index in [9.17, 15) is 9.18 Å². The van der Waals surface area contributed by atoms with E-state index in [2.05, 4.69) is 15.2 Å². The second-order valence-corrected chi connectivity index (χ2v) is 8.76. The minimum absolute atomic E-state index is 0.187. The second kappa shape index (κ2) is 9.21. The van der Waals surface area contributed by atoms with Crippen LogP contribution in [0.3, 0.4) is 0 Å². The number of nitrogens with zero attached hydrogens (tertiary/aromatic N) is 5. The van der Waals surface area contributed by atoms with E-state index < -0.39 is 0 Å². The Balaban J connectivity index is 1.44. The molecular formula is C22H24Cl2FN5O2. The van der Waals surface area contributed by atoms with Gasteiger partial charge in [0.15, 0.2) is 5.69 Å². The molecule has 4 rings (SSSR count). The summed E-state index contributed by atoms with van der Waals surface area (Å²) >= 11 is 12.4. The van der Waals surface area contributed by atoms with Crippen molar-refractivity contribution in [3.63, 3.8) is 0 Å². The van der Waals surface area contributed by atoms with Crippen molar-refractivity contribution in [3.05, 3.63) is 68.0 Å². The topological polar surface area (TPSA) is 67.4 Å². The molecule has 0 spiro atoms. The minimum Gasteiger partial charge on any atom is -0.361 e. The molecule has 3 heterocycles. The molecule has 2 aromatic heterocycles. The monoisotopic (exact) mass is 479 g/mol. The molecule has 1 aromatic carbocycles. The molecule has 1 aliphatic rings. The van der Waals surface area contributed by atoms with Gasteiger partial charge in [-0.1, -0.05) is 34.4 Å². The first-order valence-corrected chi connectivity index (χ1v) is 11.1. The van der Waals surface area contributed by atoms with Crippen molar-refractivity contribution in [2.45, 2.75) is 33.9 Å². The third kappa shape index (κ3) is 4.40. The van der Waals surface area contributed by atoms with Gasteiger partial charge in [-0.25, -0.2) is 4.39 Å². The molecule has 0 radical (unpaired) electrons. The van der Waals surface area contributed by atoms with Crippen LogP contribution in [0.2, 0.25) is 10.0 Å². The number of rotatable bonds is 5. The summed E-state index contributed by atoms with van der Waals surface area (Å²) in [6, 6.07) is 4.69. The Kier molecular flexibility index (Phi) is 6.55. The molecule has 170 valence electrons. The van der Waals surface area contributed by atoms with Gasteiger partial charge in [0.1, 0.15) is 11.6 Å². The van der Waals surface area contributed by atoms with Gasteiger partial charge in [0, 0.05) is 48.9 Å². The van der Waals surface area contributed by atoms with Gasteiger partial charge in [-0.05, 0) is 32.9 Å². The van der Waals surface area contributed by atoms with Crippen LogP contribution in [-0.2, 0) is 13.1 Å². The molecule has 0 unspecified atom stereocenters. The number of aryl methyl sites for hydroxylation is 2. The van der Waals surface area contributed by atoms with Gasteiger partial charge in [-0.2, -0.15) is 5.10 Å². The minimum atomic E-state index is -0.317. The Labute approximate surface area is 195 Å². The number of hydrogen-bond donors (Lipinski definition) is 0. The molecular weight excluding hydrogens is 456 g/mol. The molecule has 0 bridgehead atoms. The van der Waals surface area contributed by atoms with E-state index in [0.717, 1.165) is 11.4 Å². The maximum Gasteiger partial charge on any atom is 0.276 e. The third-order valence-corrected chi connectivity index (χ3v) is 6.79. The van der Waals surface area contributed by atoms with E-state index in [-0.39, 0.29) is 17.4 Å². The molecule has 0 N–H and O–H groups in total. The molecule has 10 heteroatoms. The van der Waals surface area contributed by atoms with Crippen LogP contribution in [0.4, 0.5) is 4.39 Å². The average Bonchev–Trinajstić information content (AvgIpc) is 3.25. The van der Waals surface area contributed by atoms with Crippen LogP contribution < -0.4 is 0 Å². The zero-order valence-electron chi connectivity index (χ0n) is 18.2. The van der Waals surface area contributed by atoms with E-state index in [1.165, 1.54) is 6.07 Å². The smallest absolute Gasteiger partial charge is 0.276 e. The summed E-state index contributed by atoms with van der Waals surface area (Å²) in [6.45, 7) is 8.47. The first-order valence-electron chi connectivity index (χ1n) is 10.4. The van der Waals surface area contributed by atoms with Gasteiger partial charge in [-0.15, -0.1) is 0 Å². The summed E-state index contributed by atoms with van der Waals surface area (Å²) < 4.78 is 21.2. The first kappa shape index (κ1) is 22.8. The summed E-state index contributed by atoms with van der Waals surface area (Å²) in [5, 5.41) is 9.50. The van der Waals surface area contributed by atoms with Gasteiger partial charge in [0.05, 0.1) is 23.0 Å². The third-order valence-electron chi connectivity index (χ3n) is 5.89. The van der Waals surface area contributed by atoms with E-state index in [4.69, 9.17) is 27.7 Å². The number of amides is 1. The number of benzene rings is 1. The lowest BCUT2D eigenvalue weighted by Gasteiger charge is -2.34. The quantitative estimate of drug-likeness (QED) is 0.547. The standard InChI is InChI=1S/C22H24Cl2FN5O2/c1-13-20(24)14(2)30(26-13)12-16-15(3)32-27-21(16)22(31)29-9-7-28(8-10-29)11-17-18(23)5-4-6-19(17)25/h4-6H,7-12H2,1-3H3. The van der Waals surface area contributed by atoms with Gasteiger partial charge >= 0.3 is 0 Å². The second-order valence-electron chi connectivity index (χ2n) is 7.98. The Hall–Kier alpha value is -2.42. The number of carbonyl (C=O) groups excluding carboxylic acids is 1. The van der Waals surface area contributed by atoms with Crippen molar-refractivity contribution in [1.29, 1.82) is 0 Å². The summed E-state index contributed by atoms with van der Waals surface area (Å²) in [7, 11) is 0. The SMILES string of the molecule is Cc1nn(Cc2c(C(=O)N3CCN(Cc4c(F)cccc4Cl)CC3)noc2C)c(C)c1Cl. The van der Waals surface area contributed by atoms with Crippen molar-refractivity contribution in [2.24, 2.45) is 0 Å². The van der Waals surface area contributed by atoms with Crippen molar-refractivity contribution >= 4 is 29.1 Å². The molecule has 3 aromatic rings. The number of halogens is 3. The Morgan fingerprint density at radius 3 is 2.44 bits per heavy atom. The normalized spacial score (nSPS) is 14.9. The highest BCUT2D eigenvalue weighted by molar-refractivity contribution is 6.32. The highest BCUT2D eigenvalue weighted by Gasteiger charge is 2.29. The van der Waals surface area contributed by atoms with E-state index in [1.54, 1.807) is 28.6 Å². The van der Waals surface area contributed by atoms with Gasteiger partial charge < -0.3 is 9.42 Å². The molecule has 0 aliphatic carbocycles. The summed E-state index contributed by atoms with van der Waals surface area (Å²) in [5.74, 6) is 0.0703. The lowest BCUT2D eigenvalue weighted by Crippen LogP contribution is -2.48. The number of carbonyl (C=O) groups is 1. The van der Waals surface area contributed by atoms with E-state index in [1.807, 2.05) is 13.8 Å². The van der Waals surface area contributed by atoms with Crippen molar-refractivity contribution in [3.8, 4) is 0 Å². The summed E-state index contributed by atoms with van der Waals surface area (Å²) in [5.41, 5.74) is 3.02. The Morgan fingerprint density at radius 1 is 1.09 bits per heavy atom. The highest BCUT2D eigenvalue weighted by atomic mass is 35.5. The van der Waals surface area contributed by atoms with Crippen LogP contribution in [-0.4, -0.2) is 56.8 Å². The molecule has 1 aliphatic heterocycles. The number of hydrogen-bond acceptors (Lipinski definition) is 5. The van der Waals surface area contributed by atoms with Gasteiger partial charge in [-0.3, -0.25) is 14.4 Å². The van der Waals surface area contributed by atoms with Crippen LogP contribution in [0.1, 0.15) is 38.8 Å². The number of piperazine rings is 1. The molecule has 0 saturated carbocycles. The van der Waals surface area contributed by atoms with Crippen LogP contribution in [0.25, 0.3) is 0 Å². The fraction of sp³-hybridized carbons (Fsp3) is 0.409. The largest absolute Gasteiger partial charge is 0.361 e. The number of aromatic nitrogens is 3. The predicted molar refractivity (Wildman–Crippen MR) is 120 cm³/mol. The van der Waals surface area contributed by atoms with Crippen LogP contribution in [0, 0.1) is 26.6 Å². The molecule has 32 heavy (non-hydrogen) atoms. The molecule has 1 fully saturated rings. The fourth-order valence-corrected chi connectivity index (χ4v) is 4.25. The molecule has 1 saturated heterocycles. The van der Waals surface area contributed by atoms with Crippen LogP contribution >= 0.6 is 23.2 Å². The predicted octanol–water partition coefficient (Wildman–Crippen LogP) is 4.25. The summed E-state index contributed by atoms with van der Waals surface area (Å²) in [4.78, 5) is 17.0. The van der Waals surface area contributed by atoms with Crippen LogP contribution in [0.15, 0.2) is 22.7 Å². The van der Waals surface area contributed by atoms with Crippen molar-refractivity contribution < 1.29 is 13.7 Å². The van der Waals surface area contributed by atoms with E-state index >= 15 is 0 Å². The lowest BCUT2D eigenvalue weighted by atomic mass is 10.1.